The molecule has 7 nitrogen and oxygen atoms in total. The molecule has 0 fully saturated rings. The highest BCUT2D eigenvalue weighted by Crippen LogP contribution is 2.35. The maximum atomic E-state index is 12.2. The van der Waals surface area contributed by atoms with Crippen molar-refractivity contribution in [3.8, 4) is 0 Å². The molecule has 1 amide bonds. The SMILES string of the molecule is CCN(CC)CCCN1CC(=O)N(C)c2cc([N+](=O)[O-])ccc21.Cl. The van der Waals surface area contributed by atoms with Crippen LogP contribution in [0.5, 0.6) is 0 Å². The summed E-state index contributed by atoms with van der Waals surface area (Å²) in [5.74, 6) is -0.0409. The van der Waals surface area contributed by atoms with Gasteiger partial charge in [0.15, 0.2) is 0 Å². The topological polar surface area (TPSA) is 69.9 Å². The maximum absolute atomic E-state index is 12.2. The molecule has 1 aliphatic rings. The zero-order valence-electron chi connectivity index (χ0n) is 14.4. The molecule has 0 aliphatic carbocycles. The maximum Gasteiger partial charge on any atom is 0.271 e. The quantitative estimate of drug-likeness (QED) is 0.554. The summed E-state index contributed by atoms with van der Waals surface area (Å²) in [7, 11) is 1.66. The summed E-state index contributed by atoms with van der Waals surface area (Å²) >= 11 is 0. The number of nitro benzene ring substituents is 1. The van der Waals surface area contributed by atoms with Gasteiger partial charge in [-0.3, -0.25) is 14.9 Å². The van der Waals surface area contributed by atoms with E-state index in [0.29, 0.717) is 12.2 Å². The van der Waals surface area contributed by atoms with E-state index in [1.807, 2.05) is 4.90 Å². The molecule has 0 unspecified atom stereocenters. The Kier molecular flexibility index (Phi) is 7.44. The van der Waals surface area contributed by atoms with E-state index in [-0.39, 0.29) is 24.0 Å². The second-order valence-corrected chi connectivity index (χ2v) is 5.68. The predicted molar refractivity (Wildman–Crippen MR) is 98.4 cm³/mol. The van der Waals surface area contributed by atoms with Crippen LogP contribution in [0.15, 0.2) is 18.2 Å². The summed E-state index contributed by atoms with van der Waals surface area (Å²) in [6, 6.07) is 4.72. The smallest absolute Gasteiger partial charge is 0.271 e. The Morgan fingerprint density at radius 3 is 2.50 bits per heavy atom. The van der Waals surface area contributed by atoms with Crippen molar-refractivity contribution in [2.24, 2.45) is 0 Å². The Balaban J connectivity index is 0.00000288. The number of non-ortho nitro benzene ring substituents is 1. The third-order valence-corrected chi connectivity index (χ3v) is 4.37. The summed E-state index contributed by atoms with van der Waals surface area (Å²) in [6.45, 7) is 8.37. The number of benzene rings is 1. The van der Waals surface area contributed by atoms with Gasteiger partial charge in [-0.25, -0.2) is 0 Å². The minimum absolute atomic E-state index is 0. The molecule has 0 saturated carbocycles. The van der Waals surface area contributed by atoms with Crippen molar-refractivity contribution in [2.45, 2.75) is 20.3 Å². The Hall–Kier alpha value is -1.86. The molecule has 1 aliphatic heterocycles. The highest BCUT2D eigenvalue weighted by molar-refractivity contribution is 6.03. The largest absolute Gasteiger partial charge is 0.360 e. The van der Waals surface area contributed by atoms with Crippen LogP contribution in [0, 0.1) is 10.1 Å². The first-order valence-electron chi connectivity index (χ1n) is 8.00. The third kappa shape index (κ3) is 4.36. The monoisotopic (exact) mass is 356 g/mol. The van der Waals surface area contributed by atoms with E-state index in [9.17, 15) is 14.9 Å². The zero-order valence-corrected chi connectivity index (χ0v) is 15.2. The Morgan fingerprint density at radius 2 is 1.92 bits per heavy atom. The third-order valence-electron chi connectivity index (χ3n) is 4.37. The number of hydrogen-bond donors (Lipinski definition) is 0. The first-order chi connectivity index (χ1) is 11.0. The van der Waals surface area contributed by atoms with Gasteiger partial charge in [0.05, 0.1) is 22.8 Å². The molecule has 0 saturated heterocycles. The number of nitrogens with zero attached hydrogens (tertiary/aromatic N) is 4. The lowest BCUT2D eigenvalue weighted by Crippen LogP contribution is -2.44. The summed E-state index contributed by atoms with van der Waals surface area (Å²) in [4.78, 5) is 28.5. The van der Waals surface area contributed by atoms with Gasteiger partial charge in [0.1, 0.15) is 0 Å². The van der Waals surface area contributed by atoms with Gasteiger partial charge in [-0.1, -0.05) is 13.8 Å². The van der Waals surface area contributed by atoms with Crippen LogP contribution in [-0.2, 0) is 4.79 Å². The number of nitro groups is 1. The van der Waals surface area contributed by atoms with Gasteiger partial charge >= 0.3 is 0 Å². The number of carbonyl (C=O) groups excluding carboxylic acids is 1. The van der Waals surface area contributed by atoms with Crippen molar-refractivity contribution < 1.29 is 9.72 Å². The number of rotatable bonds is 7. The second-order valence-electron chi connectivity index (χ2n) is 5.68. The van der Waals surface area contributed by atoms with E-state index in [1.165, 1.54) is 17.0 Å². The van der Waals surface area contributed by atoms with E-state index < -0.39 is 4.92 Å². The van der Waals surface area contributed by atoms with E-state index in [0.717, 1.165) is 38.3 Å². The lowest BCUT2D eigenvalue weighted by Gasteiger charge is -2.35. The fourth-order valence-corrected chi connectivity index (χ4v) is 2.87. The molecule has 0 bridgehead atoms. The summed E-state index contributed by atoms with van der Waals surface area (Å²) < 4.78 is 0. The lowest BCUT2D eigenvalue weighted by molar-refractivity contribution is -0.384. The Labute approximate surface area is 148 Å². The first kappa shape index (κ1) is 20.2. The number of amides is 1. The molecule has 0 radical (unpaired) electrons. The molecule has 24 heavy (non-hydrogen) atoms. The normalized spacial score (nSPS) is 13.8. The van der Waals surface area contributed by atoms with E-state index in [2.05, 4.69) is 18.7 Å². The van der Waals surface area contributed by atoms with Gasteiger partial charge in [-0.05, 0) is 32.1 Å². The second kappa shape index (κ2) is 8.84. The molecular formula is C16H25ClN4O3. The standard InChI is InChI=1S/C16H24N4O3.ClH/c1-4-18(5-2)9-6-10-19-12-16(21)17(3)15-11-13(20(22)23)7-8-14(15)19;/h7-8,11H,4-6,9-10,12H2,1-3H3;1H. The molecule has 0 N–H and O–H groups in total. The molecule has 1 heterocycles. The van der Waals surface area contributed by atoms with Gasteiger partial charge in [0.2, 0.25) is 5.91 Å². The minimum atomic E-state index is -0.433. The van der Waals surface area contributed by atoms with Gasteiger partial charge in [-0.15, -0.1) is 12.4 Å². The van der Waals surface area contributed by atoms with Crippen LogP contribution in [0.25, 0.3) is 0 Å². The van der Waals surface area contributed by atoms with Gasteiger partial charge in [-0.2, -0.15) is 0 Å². The van der Waals surface area contributed by atoms with E-state index >= 15 is 0 Å². The first-order valence-corrected chi connectivity index (χ1v) is 8.00. The van der Waals surface area contributed by atoms with Gasteiger partial charge in [0, 0.05) is 25.7 Å². The van der Waals surface area contributed by atoms with Crippen molar-refractivity contribution in [3.05, 3.63) is 28.3 Å². The molecule has 0 aromatic heterocycles. The summed E-state index contributed by atoms with van der Waals surface area (Å²) in [5, 5.41) is 11.0. The lowest BCUT2D eigenvalue weighted by atomic mass is 10.1. The van der Waals surface area contributed by atoms with E-state index in [4.69, 9.17) is 0 Å². The van der Waals surface area contributed by atoms with Crippen molar-refractivity contribution >= 4 is 35.4 Å². The van der Waals surface area contributed by atoms with Crippen LogP contribution >= 0.6 is 12.4 Å². The van der Waals surface area contributed by atoms with E-state index in [1.54, 1.807) is 13.1 Å². The number of anilines is 2. The van der Waals surface area contributed by atoms with Crippen molar-refractivity contribution in [1.29, 1.82) is 0 Å². The predicted octanol–water partition coefficient (Wildman–Crippen LogP) is 2.53. The average molecular weight is 357 g/mol. The average Bonchev–Trinajstić information content (AvgIpc) is 2.55. The fourth-order valence-electron chi connectivity index (χ4n) is 2.87. The van der Waals surface area contributed by atoms with Gasteiger partial charge < -0.3 is 14.7 Å². The van der Waals surface area contributed by atoms with Crippen LogP contribution in [0.2, 0.25) is 0 Å². The van der Waals surface area contributed by atoms with Gasteiger partial charge in [0.25, 0.3) is 5.69 Å². The van der Waals surface area contributed by atoms with Crippen molar-refractivity contribution in [2.75, 3.05) is 49.6 Å². The van der Waals surface area contributed by atoms with Crippen molar-refractivity contribution in [3.63, 3.8) is 0 Å². The Bertz CT molecular complexity index is 593. The Morgan fingerprint density at radius 1 is 1.25 bits per heavy atom. The molecule has 0 atom stereocenters. The van der Waals surface area contributed by atoms with Crippen LogP contribution in [-0.4, -0.2) is 55.5 Å². The number of likely N-dealkylation sites (N-methyl/N-ethyl adjacent to an activating group) is 1. The van der Waals surface area contributed by atoms with Crippen molar-refractivity contribution in [1.82, 2.24) is 4.90 Å². The molecule has 134 valence electrons. The highest BCUT2D eigenvalue weighted by Gasteiger charge is 2.28. The minimum Gasteiger partial charge on any atom is -0.360 e. The van der Waals surface area contributed by atoms with Crippen LogP contribution < -0.4 is 9.80 Å². The van der Waals surface area contributed by atoms with Crippen LogP contribution in [0.3, 0.4) is 0 Å². The summed E-state index contributed by atoms with van der Waals surface area (Å²) in [6.07, 6.45) is 0.953. The molecular weight excluding hydrogens is 332 g/mol. The molecule has 1 aromatic rings. The highest BCUT2D eigenvalue weighted by atomic mass is 35.5. The number of hydrogen-bond acceptors (Lipinski definition) is 5. The molecule has 0 spiro atoms. The van der Waals surface area contributed by atoms with Crippen LogP contribution in [0.1, 0.15) is 20.3 Å². The zero-order chi connectivity index (χ0) is 17.0. The summed E-state index contributed by atoms with van der Waals surface area (Å²) in [5.41, 5.74) is 1.50. The number of halogens is 1. The molecule has 8 heteroatoms. The van der Waals surface area contributed by atoms with Crippen LogP contribution in [0.4, 0.5) is 17.1 Å². The molecule has 1 aromatic carbocycles. The number of fused-ring (bicyclic) bond motifs is 1. The number of carbonyl (C=O) groups is 1. The fraction of sp³-hybridized carbons (Fsp3) is 0.562. The molecule has 2 rings (SSSR count).